The smallest absolute Gasteiger partial charge is 0.0830 e. The highest BCUT2D eigenvalue weighted by Crippen LogP contribution is 2.14. The van der Waals surface area contributed by atoms with Crippen LogP contribution in [-0.2, 0) is 19.9 Å². The second-order valence-corrected chi connectivity index (χ2v) is 4.83. The van der Waals surface area contributed by atoms with Crippen LogP contribution in [0, 0.1) is 12.8 Å². The molecule has 1 atom stereocenters. The molecule has 96 valence electrons. The molecule has 0 spiro atoms. The van der Waals surface area contributed by atoms with E-state index < -0.39 is 0 Å². The molecule has 18 heavy (non-hydrogen) atoms. The fraction of sp³-hybridized carbons (Fsp3) is 0.429. The maximum absolute atomic E-state index is 9.47. The van der Waals surface area contributed by atoms with Gasteiger partial charge < -0.3 is 5.11 Å². The number of aliphatic hydroxyl groups excluding tert-OH is 1. The summed E-state index contributed by atoms with van der Waals surface area (Å²) in [5.74, 6) is 0.198. The van der Waals surface area contributed by atoms with Crippen LogP contribution in [0.25, 0.3) is 0 Å². The molecule has 0 aliphatic carbocycles. The Morgan fingerprint density at radius 3 is 2.78 bits per heavy atom. The Kier molecular flexibility index (Phi) is 4.10. The zero-order valence-electron chi connectivity index (χ0n) is 10.9. The van der Waals surface area contributed by atoms with Crippen molar-refractivity contribution < 1.29 is 5.11 Å². The molecule has 1 N–H and O–H groups in total. The van der Waals surface area contributed by atoms with Crippen LogP contribution < -0.4 is 0 Å². The standard InChI is InChI=1S/C14H19N3O/c1-11-4-3-5-12(6-11)7-13(10-18)8-14-9-17(2)16-15-14/h3-6,9,13,18H,7-8,10H2,1-2H3. The minimum atomic E-state index is 0.171. The Labute approximate surface area is 107 Å². The van der Waals surface area contributed by atoms with E-state index >= 15 is 0 Å². The number of aliphatic hydroxyl groups is 1. The van der Waals surface area contributed by atoms with Gasteiger partial charge in [0.1, 0.15) is 0 Å². The molecule has 0 saturated carbocycles. The fourth-order valence-electron chi connectivity index (χ4n) is 2.16. The molecule has 2 rings (SSSR count). The lowest BCUT2D eigenvalue weighted by Gasteiger charge is -2.12. The molecular weight excluding hydrogens is 226 g/mol. The van der Waals surface area contributed by atoms with E-state index in [2.05, 4.69) is 41.5 Å². The van der Waals surface area contributed by atoms with E-state index in [9.17, 15) is 5.11 Å². The zero-order chi connectivity index (χ0) is 13.0. The lowest BCUT2D eigenvalue weighted by atomic mass is 9.95. The van der Waals surface area contributed by atoms with Crippen molar-refractivity contribution in [3.05, 3.63) is 47.3 Å². The number of hydrogen-bond acceptors (Lipinski definition) is 3. The van der Waals surface area contributed by atoms with Crippen molar-refractivity contribution in [2.75, 3.05) is 6.61 Å². The van der Waals surface area contributed by atoms with E-state index in [1.165, 1.54) is 11.1 Å². The summed E-state index contributed by atoms with van der Waals surface area (Å²) in [6.07, 6.45) is 3.53. The normalized spacial score (nSPS) is 12.6. The van der Waals surface area contributed by atoms with Gasteiger partial charge in [0, 0.05) is 19.9 Å². The van der Waals surface area contributed by atoms with Crippen molar-refractivity contribution in [3.8, 4) is 0 Å². The Morgan fingerprint density at radius 2 is 2.17 bits per heavy atom. The third kappa shape index (κ3) is 3.40. The minimum Gasteiger partial charge on any atom is -0.396 e. The number of nitrogens with zero attached hydrogens (tertiary/aromatic N) is 3. The van der Waals surface area contributed by atoms with E-state index in [-0.39, 0.29) is 12.5 Å². The van der Waals surface area contributed by atoms with E-state index in [1.54, 1.807) is 4.68 Å². The molecule has 1 heterocycles. The molecule has 1 unspecified atom stereocenters. The van der Waals surface area contributed by atoms with Gasteiger partial charge >= 0.3 is 0 Å². The van der Waals surface area contributed by atoms with Gasteiger partial charge in [0.25, 0.3) is 0 Å². The van der Waals surface area contributed by atoms with Crippen molar-refractivity contribution in [1.29, 1.82) is 0 Å². The van der Waals surface area contributed by atoms with Gasteiger partial charge in [-0.05, 0) is 31.2 Å². The Balaban J connectivity index is 2.01. The molecule has 2 aromatic rings. The van der Waals surface area contributed by atoms with Crippen molar-refractivity contribution in [2.45, 2.75) is 19.8 Å². The van der Waals surface area contributed by atoms with Crippen LogP contribution in [0.1, 0.15) is 16.8 Å². The van der Waals surface area contributed by atoms with Crippen molar-refractivity contribution in [2.24, 2.45) is 13.0 Å². The summed E-state index contributed by atoms with van der Waals surface area (Å²) >= 11 is 0. The predicted octanol–water partition coefficient (Wildman–Crippen LogP) is 1.52. The first-order valence-corrected chi connectivity index (χ1v) is 6.19. The summed E-state index contributed by atoms with van der Waals surface area (Å²) in [4.78, 5) is 0. The predicted molar refractivity (Wildman–Crippen MR) is 70.2 cm³/mol. The summed E-state index contributed by atoms with van der Waals surface area (Å²) in [5.41, 5.74) is 3.45. The first-order chi connectivity index (χ1) is 8.67. The van der Waals surface area contributed by atoms with Crippen LogP contribution >= 0.6 is 0 Å². The average molecular weight is 245 g/mol. The van der Waals surface area contributed by atoms with Crippen LogP contribution in [0.5, 0.6) is 0 Å². The summed E-state index contributed by atoms with van der Waals surface area (Å²) in [6, 6.07) is 8.41. The van der Waals surface area contributed by atoms with Gasteiger partial charge in [-0.3, -0.25) is 4.68 Å². The summed E-state index contributed by atoms with van der Waals surface area (Å²) < 4.78 is 1.69. The summed E-state index contributed by atoms with van der Waals surface area (Å²) in [5, 5.41) is 17.4. The summed E-state index contributed by atoms with van der Waals surface area (Å²) in [6.45, 7) is 2.25. The highest BCUT2D eigenvalue weighted by atomic mass is 16.3. The quantitative estimate of drug-likeness (QED) is 0.869. The van der Waals surface area contributed by atoms with Crippen LogP contribution in [0.15, 0.2) is 30.5 Å². The molecule has 4 heteroatoms. The van der Waals surface area contributed by atoms with Gasteiger partial charge in [-0.25, -0.2) is 0 Å². The van der Waals surface area contributed by atoms with Crippen LogP contribution in [0.4, 0.5) is 0 Å². The van der Waals surface area contributed by atoms with Gasteiger partial charge in [0.15, 0.2) is 0 Å². The molecule has 0 saturated heterocycles. The third-order valence-electron chi connectivity index (χ3n) is 3.01. The van der Waals surface area contributed by atoms with Gasteiger partial charge in [-0.2, -0.15) is 0 Å². The first kappa shape index (κ1) is 12.8. The van der Waals surface area contributed by atoms with Crippen molar-refractivity contribution in [3.63, 3.8) is 0 Å². The molecule has 1 aromatic carbocycles. The zero-order valence-corrected chi connectivity index (χ0v) is 10.9. The molecule has 4 nitrogen and oxygen atoms in total. The topological polar surface area (TPSA) is 50.9 Å². The van der Waals surface area contributed by atoms with Crippen LogP contribution in [0.3, 0.4) is 0 Å². The number of benzene rings is 1. The van der Waals surface area contributed by atoms with Crippen LogP contribution in [-0.4, -0.2) is 26.7 Å². The lowest BCUT2D eigenvalue weighted by molar-refractivity contribution is 0.224. The number of hydrogen-bond donors (Lipinski definition) is 1. The maximum Gasteiger partial charge on any atom is 0.0830 e. The van der Waals surface area contributed by atoms with E-state index in [0.29, 0.717) is 0 Å². The average Bonchev–Trinajstić information content (AvgIpc) is 2.74. The molecular formula is C14H19N3O. The maximum atomic E-state index is 9.47. The largest absolute Gasteiger partial charge is 0.396 e. The summed E-state index contributed by atoms with van der Waals surface area (Å²) in [7, 11) is 1.85. The number of rotatable bonds is 5. The lowest BCUT2D eigenvalue weighted by Crippen LogP contribution is -2.13. The Morgan fingerprint density at radius 1 is 1.33 bits per heavy atom. The Hall–Kier alpha value is -1.68. The van der Waals surface area contributed by atoms with E-state index in [4.69, 9.17) is 0 Å². The van der Waals surface area contributed by atoms with Crippen LogP contribution in [0.2, 0.25) is 0 Å². The molecule has 0 amide bonds. The molecule has 0 fully saturated rings. The van der Waals surface area contributed by atoms with Crippen molar-refractivity contribution in [1.82, 2.24) is 15.0 Å². The van der Waals surface area contributed by atoms with E-state index in [1.807, 2.05) is 13.2 Å². The van der Waals surface area contributed by atoms with Crippen molar-refractivity contribution >= 4 is 0 Å². The van der Waals surface area contributed by atoms with Gasteiger partial charge in [0.2, 0.25) is 0 Å². The molecule has 0 aliphatic heterocycles. The molecule has 1 aromatic heterocycles. The Bertz CT molecular complexity index is 507. The monoisotopic (exact) mass is 245 g/mol. The van der Waals surface area contributed by atoms with Gasteiger partial charge in [0.05, 0.1) is 5.69 Å². The highest BCUT2D eigenvalue weighted by molar-refractivity contribution is 5.22. The van der Waals surface area contributed by atoms with Gasteiger partial charge in [-0.15, -0.1) is 5.10 Å². The molecule has 0 bridgehead atoms. The number of aromatic nitrogens is 3. The van der Waals surface area contributed by atoms with E-state index in [0.717, 1.165) is 18.5 Å². The SMILES string of the molecule is Cc1cccc(CC(CO)Cc2cn(C)nn2)c1. The molecule has 0 radical (unpaired) electrons. The highest BCUT2D eigenvalue weighted by Gasteiger charge is 2.12. The third-order valence-corrected chi connectivity index (χ3v) is 3.01. The number of aryl methyl sites for hydroxylation is 2. The second-order valence-electron chi connectivity index (χ2n) is 4.83. The first-order valence-electron chi connectivity index (χ1n) is 6.19. The second kappa shape index (κ2) is 5.78. The minimum absolute atomic E-state index is 0.171. The molecule has 0 aliphatic rings. The fourth-order valence-corrected chi connectivity index (χ4v) is 2.16. The van der Waals surface area contributed by atoms with Gasteiger partial charge in [-0.1, -0.05) is 35.0 Å².